The third-order valence-corrected chi connectivity index (χ3v) is 3.17. The van der Waals surface area contributed by atoms with E-state index in [-0.39, 0.29) is 0 Å². The Morgan fingerprint density at radius 3 is 2.50 bits per heavy atom. The lowest BCUT2D eigenvalue weighted by atomic mass is 10.0. The molecule has 0 radical (unpaired) electrons. The summed E-state index contributed by atoms with van der Waals surface area (Å²) in [5, 5.41) is 3.40. The van der Waals surface area contributed by atoms with Crippen LogP contribution in [0.15, 0.2) is 0 Å². The van der Waals surface area contributed by atoms with Crippen molar-refractivity contribution in [1.82, 2.24) is 5.32 Å². The van der Waals surface area contributed by atoms with Gasteiger partial charge < -0.3 is 24.3 Å². The zero-order valence-electron chi connectivity index (χ0n) is 11.7. The van der Waals surface area contributed by atoms with Crippen molar-refractivity contribution in [2.75, 3.05) is 59.8 Å². The van der Waals surface area contributed by atoms with Crippen molar-refractivity contribution in [3.05, 3.63) is 0 Å². The number of methoxy groups -OCH3 is 1. The van der Waals surface area contributed by atoms with Crippen LogP contribution >= 0.6 is 0 Å². The normalized spacial score (nSPS) is 23.7. The maximum absolute atomic E-state index is 5.51. The highest BCUT2D eigenvalue weighted by Crippen LogP contribution is 2.18. The molecule has 1 heterocycles. The van der Waals surface area contributed by atoms with Crippen LogP contribution < -0.4 is 5.32 Å². The van der Waals surface area contributed by atoms with Crippen molar-refractivity contribution in [3.63, 3.8) is 0 Å². The second kappa shape index (κ2) is 10.7. The molecule has 2 unspecified atom stereocenters. The fourth-order valence-corrected chi connectivity index (χ4v) is 1.94. The van der Waals surface area contributed by atoms with Crippen molar-refractivity contribution >= 4 is 0 Å². The van der Waals surface area contributed by atoms with Crippen molar-refractivity contribution in [2.45, 2.75) is 19.4 Å². The minimum atomic E-state index is 0.396. The van der Waals surface area contributed by atoms with Gasteiger partial charge in [-0.25, -0.2) is 0 Å². The van der Waals surface area contributed by atoms with Gasteiger partial charge in [0.05, 0.1) is 39.1 Å². The van der Waals surface area contributed by atoms with Crippen LogP contribution in [0.3, 0.4) is 0 Å². The van der Waals surface area contributed by atoms with Gasteiger partial charge in [0, 0.05) is 26.8 Å². The quantitative estimate of drug-likeness (QED) is 0.554. The van der Waals surface area contributed by atoms with Gasteiger partial charge >= 0.3 is 0 Å². The lowest BCUT2D eigenvalue weighted by Crippen LogP contribution is -2.29. The number of nitrogens with one attached hydrogen (secondary N) is 1. The average Bonchev–Trinajstić information content (AvgIpc) is 2.77. The molecule has 2 atom stereocenters. The highest BCUT2D eigenvalue weighted by Gasteiger charge is 2.23. The zero-order chi connectivity index (χ0) is 13.1. The Labute approximate surface area is 110 Å². The molecule has 1 aliphatic heterocycles. The number of ether oxygens (including phenoxy) is 4. The monoisotopic (exact) mass is 261 g/mol. The second-order valence-corrected chi connectivity index (χ2v) is 4.55. The molecule has 1 fully saturated rings. The molecule has 0 aromatic carbocycles. The van der Waals surface area contributed by atoms with E-state index in [4.69, 9.17) is 18.9 Å². The van der Waals surface area contributed by atoms with E-state index < -0.39 is 0 Å². The van der Waals surface area contributed by atoms with Crippen LogP contribution in [0.2, 0.25) is 0 Å². The fourth-order valence-electron chi connectivity index (χ4n) is 1.94. The molecule has 1 N–H and O–H groups in total. The van der Waals surface area contributed by atoms with Crippen LogP contribution in [-0.2, 0) is 18.9 Å². The van der Waals surface area contributed by atoms with E-state index in [1.807, 2.05) is 0 Å². The molecule has 1 aliphatic rings. The SMILES string of the molecule is COCCOCCOCCNCC1CCOC1C. The number of hydrogen-bond donors (Lipinski definition) is 1. The first-order valence-corrected chi connectivity index (χ1v) is 6.81. The topological polar surface area (TPSA) is 49.0 Å². The first-order valence-electron chi connectivity index (χ1n) is 6.81. The number of rotatable bonds is 11. The molecule has 0 aromatic rings. The van der Waals surface area contributed by atoms with Crippen LogP contribution in [0.4, 0.5) is 0 Å². The van der Waals surface area contributed by atoms with Gasteiger partial charge in [-0.2, -0.15) is 0 Å². The van der Waals surface area contributed by atoms with Gasteiger partial charge in [-0.15, -0.1) is 0 Å². The molecule has 0 saturated carbocycles. The molecule has 1 rings (SSSR count). The Bertz CT molecular complexity index is 192. The van der Waals surface area contributed by atoms with E-state index in [1.165, 1.54) is 6.42 Å². The molecule has 0 bridgehead atoms. The predicted molar refractivity (Wildman–Crippen MR) is 69.9 cm³/mol. The lowest BCUT2D eigenvalue weighted by Gasteiger charge is -2.14. The van der Waals surface area contributed by atoms with Gasteiger partial charge in [-0.1, -0.05) is 0 Å². The Hall–Kier alpha value is -0.200. The van der Waals surface area contributed by atoms with Crippen LogP contribution in [0.5, 0.6) is 0 Å². The molecule has 108 valence electrons. The van der Waals surface area contributed by atoms with E-state index in [0.29, 0.717) is 38.4 Å². The number of hydrogen-bond acceptors (Lipinski definition) is 5. The average molecular weight is 261 g/mol. The molecule has 18 heavy (non-hydrogen) atoms. The largest absolute Gasteiger partial charge is 0.382 e. The van der Waals surface area contributed by atoms with Gasteiger partial charge in [0.25, 0.3) is 0 Å². The third-order valence-electron chi connectivity index (χ3n) is 3.17. The summed E-state index contributed by atoms with van der Waals surface area (Å²) < 4.78 is 21.1. The van der Waals surface area contributed by atoms with Crippen molar-refractivity contribution in [2.24, 2.45) is 5.92 Å². The molecule has 0 aromatic heterocycles. The van der Waals surface area contributed by atoms with E-state index in [2.05, 4.69) is 12.2 Å². The third kappa shape index (κ3) is 7.28. The molecular weight excluding hydrogens is 234 g/mol. The van der Waals surface area contributed by atoms with Gasteiger partial charge in [-0.05, 0) is 19.3 Å². The molecule has 5 heteroatoms. The summed E-state index contributed by atoms with van der Waals surface area (Å²) in [6, 6.07) is 0. The molecule has 0 aliphatic carbocycles. The van der Waals surface area contributed by atoms with Crippen molar-refractivity contribution in [1.29, 1.82) is 0 Å². The molecule has 5 nitrogen and oxygen atoms in total. The van der Waals surface area contributed by atoms with Gasteiger partial charge in [-0.3, -0.25) is 0 Å². The second-order valence-electron chi connectivity index (χ2n) is 4.55. The Kier molecular flexibility index (Phi) is 9.42. The zero-order valence-corrected chi connectivity index (χ0v) is 11.7. The maximum atomic E-state index is 5.51. The van der Waals surface area contributed by atoms with E-state index in [1.54, 1.807) is 7.11 Å². The summed E-state index contributed by atoms with van der Waals surface area (Å²) in [5.41, 5.74) is 0. The summed E-state index contributed by atoms with van der Waals surface area (Å²) >= 11 is 0. The smallest absolute Gasteiger partial charge is 0.0701 e. The summed E-state index contributed by atoms with van der Waals surface area (Å²) in [4.78, 5) is 0. The van der Waals surface area contributed by atoms with Gasteiger partial charge in [0.15, 0.2) is 0 Å². The summed E-state index contributed by atoms with van der Waals surface area (Å²) in [5.74, 6) is 0.655. The minimum absolute atomic E-state index is 0.396. The van der Waals surface area contributed by atoms with Gasteiger partial charge in [0.1, 0.15) is 0 Å². The first kappa shape index (κ1) is 15.9. The highest BCUT2D eigenvalue weighted by atomic mass is 16.5. The minimum Gasteiger partial charge on any atom is -0.382 e. The Morgan fingerprint density at radius 1 is 1.11 bits per heavy atom. The van der Waals surface area contributed by atoms with Crippen LogP contribution in [0.25, 0.3) is 0 Å². The lowest BCUT2D eigenvalue weighted by molar-refractivity contribution is 0.0253. The standard InChI is InChI=1S/C13H27NO4/c1-12-13(3-5-18-12)11-14-4-6-16-9-10-17-8-7-15-2/h12-14H,3-11H2,1-2H3. The van der Waals surface area contributed by atoms with Crippen LogP contribution in [-0.4, -0.2) is 65.9 Å². The molecule has 1 saturated heterocycles. The van der Waals surface area contributed by atoms with Crippen molar-refractivity contribution < 1.29 is 18.9 Å². The van der Waals surface area contributed by atoms with E-state index in [9.17, 15) is 0 Å². The van der Waals surface area contributed by atoms with Gasteiger partial charge in [0.2, 0.25) is 0 Å². The summed E-state index contributed by atoms with van der Waals surface area (Å²) in [6.45, 7) is 8.26. The van der Waals surface area contributed by atoms with Crippen LogP contribution in [0, 0.1) is 5.92 Å². The first-order chi connectivity index (χ1) is 8.84. The maximum Gasteiger partial charge on any atom is 0.0701 e. The Balaban J connectivity index is 1.76. The summed E-state index contributed by atoms with van der Waals surface area (Å²) in [6.07, 6.45) is 1.56. The van der Waals surface area contributed by atoms with E-state index >= 15 is 0 Å². The molecule has 0 spiro atoms. The fraction of sp³-hybridized carbons (Fsp3) is 1.00. The molecular formula is C13H27NO4. The Morgan fingerprint density at radius 2 is 1.83 bits per heavy atom. The van der Waals surface area contributed by atoms with E-state index in [0.717, 1.165) is 26.3 Å². The molecule has 0 amide bonds. The van der Waals surface area contributed by atoms with Crippen LogP contribution in [0.1, 0.15) is 13.3 Å². The summed E-state index contributed by atoms with van der Waals surface area (Å²) in [7, 11) is 1.67. The predicted octanol–water partition coefficient (Wildman–Crippen LogP) is 0.681. The highest BCUT2D eigenvalue weighted by molar-refractivity contribution is 4.74. The van der Waals surface area contributed by atoms with Crippen molar-refractivity contribution in [3.8, 4) is 0 Å².